The fraction of sp³-hybridized carbons (Fsp3) is 0.0833. The Labute approximate surface area is 102 Å². The minimum Gasteiger partial charge on any atom is -0.398 e. The van der Waals surface area contributed by atoms with Gasteiger partial charge in [0.2, 0.25) is 5.82 Å². The fourth-order valence-corrected chi connectivity index (χ4v) is 1.60. The lowest BCUT2D eigenvalue weighted by molar-refractivity contribution is 0.390. The zero-order chi connectivity index (χ0) is 12.5. The van der Waals surface area contributed by atoms with E-state index < -0.39 is 0 Å². The van der Waals surface area contributed by atoms with Crippen molar-refractivity contribution in [1.29, 1.82) is 0 Å². The third-order valence-electron chi connectivity index (χ3n) is 2.47. The minimum atomic E-state index is 0.310. The number of nitrogen functional groups attached to an aromatic ring is 1. The van der Waals surface area contributed by atoms with Gasteiger partial charge in [-0.15, -0.1) is 0 Å². The number of rotatable bonds is 2. The smallest absolute Gasteiger partial charge is 0.280 e. The van der Waals surface area contributed by atoms with Crippen LogP contribution in [0.1, 0.15) is 5.76 Å². The topological polar surface area (TPSA) is 91.0 Å². The summed E-state index contributed by atoms with van der Waals surface area (Å²) >= 11 is 0. The highest BCUT2D eigenvalue weighted by molar-refractivity contribution is 5.71. The molecule has 0 fully saturated rings. The Morgan fingerprint density at radius 2 is 1.94 bits per heavy atom. The second kappa shape index (κ2) is 3.99. The van der Waals surface area contributed by atoms with Crippen molar-refractivity contribution in [2.24, 2.45) is 0 Å². The van der Waals surface area contributed by atoms with Gasteiger partial charge in [0.1, 0.15) is 5.76 Å². The van der Waals surface area contributed by atoms with Gasteiger partial charge in [0.25, 0.3) is 5.89 Å². The van der Waals surface area contributed by atoms with E-state index in [0.717, 1.165) is 5.56 Å². The lowest BCUT2D eigenvalue weighted by Gasteiger charge is -1.97. The predicted octanol–water partition coefficient (Wildman–Crippen LogP) is 2.28. The second-order valence-corrected chi connectivity index (χ2v) is 3.83. The average Bonchev–Trinajstić information content (AvgIpc) is 2.98. The summed E-state index contributed by atoms with van der Waals surface area (Å²) in [5.41, 5.74) is 7.69. The third-order valence-corrected chi connectivity index (χ3v) is 2.47. The van der Waals surface area contributed by atoms with Crippen LogP contribution in [0.4, 0.5) is 5.69 Å². The van der Waals surface area contributed by atoms with E-state index in [0.29, 0.717) is 28.9 Å². The SMILES string of the molecule is Cc1cc(-c2nc(-c3ccccc3N)no2)no1. The molecule has 0 aliphatic heterocycles. The van der Waals surface area contributed by atoms with Crippen LogP contribution in [-0.2, 0) is 0 Å². The zero-order valence-corrected chi connectivity index (χ0v) is 9.62. The van der Waals surface area contributed by atoms with E-state index in [1.807, 2.05) is 18.2 Å². The molecule has 6 heteroatoms. The number of aryl methyl sites for hydroxylation is 1. The van der Waals surface area contributed by atoms with Crippen LogP contribution in [0.25, 0.3) is 23.0 Å². The third kappa shape index (κ3) is 1.73. The molecule has 0 saturated carbocycles. The maximum Gasteiger partial charge on any atom is 0.280 e. The standard InChI is InChI=1S/C12H10N4O2/c1-7-6-10(15-17-7)12-14-11(16-18-12)8-4-2-3-5-9(8)13/h2-6H,13H2,1H3. The summed E-state index contributed by atoms with van der Waals surface area (Å²) in [6.45, 7) is 1.79. The number of hydrogen-bond donors (Lipinski definition) is 1. The van der Waals surface area contributed by atoms with Gasteiger partial charge in [-0.1, -0.05) is 22.4 Å². The van der Waals surface area contributed by atoms with E-state index in [-0.39, 0.29) is 0 Å². The average molecular weight is 242 g/mol. The molecule has 0 bridgehead atoms. The van der Waals surface area contributed by atoms with Crippen LogP contribution in [-0.4, -0.2) is 15.3 Å². The number of aromatic nitrogens is 3. The van der Waals surface area contributed by atoms with Crippen molar-refractivity contribution in [3.8, 4) is 23.0 Å². The van der Waals surface area contributed by atoms with Crippen molar-refractivity contribution in [3.05, 3.63) is 36.1 Å². The van der Waals surface area contributed by atoms with Crippen molar-refractivity contribution in [1.82, 2.24) is 15.3 Å². The Kier molecular flexibility index (Phi) is 2.33. The van der Waals surface area contributed by atoms with Gasteiger partial charge in [-0.05, 0) is 19.1 Å². The Balaban J connectivity index is 2.02. The molecule has 3 aromatic rings. The molecule has 0 aliphatic rings. The highest BCUT2D eigenvalue weighted by atomic mass is 16.5. The number of nitrogens with two attached hydrogens (primary N) is 1. The molecule has 2 aromatic heterocycles. The van der Waals surface area contributed by atoms with E-state index in [1.54, 1.807) is 19.1 Å². The van der Waals surface area contributed by atoms with E-state index in [2.05, 4.69) is 15.3 Å². The van der Waals surface area contributed by atoms with Crippen LogP contribution in [0.2, 0.25) is 0 Å². The van der Waals surface area contributed by atoms with Crippen LogP contribution in [0.5, 0.6) is 0 Å². The molecule has 2 N–H and O–H groups in total. The molecule has 6 nitrogen and oxygen atoms in total. The quantitative estimate of drug-likeness (QED) is 0.693. The summed E-state index contributed by atoms with van der Waals surface area (Å²) in [5, 5.41) is 7.70. The molecule has 18 heavy (non-hydrogen) atoms. The number of anilines is 1. The first-order valence-corrected chi connectivity index (χ1v) is 5.36. The van der Waals surface area contributed by atoms with Gasteiger partial charge >= 0.3 is 0 Å². The monoisotopic (exact) mass is 242 g/mol. The Hall–Kier alpha value is -2.63. The van der Waals surface area contributed by atoms with Crippen molar-refractivity contribution < 1.29 is 9.05 Å². The van der Waals surface area contributed by atoms with Gasteiger partial charge < -0.3 is 14.8 Å². The predicted molar refractivity (Wildman–Crippen MR) is 64.4 cm³/mol. The van der Waals surface area contributed by atoms with Crippen LogP contribution in [0, 0.1) is 6.92 Å². The van der Waals surface area contributed by atoms with Crippen molar-refractivity contribution in [2.75, 3.05) is 5.73 Å². The highest BCUT2D eigenvalue weighted by Crippen LogP contribution is 2.25. The van der Waals surface area contributed by atoms with E-state index in [4.69, 9.17) is 14.8 Å². The van der Waals surface area contributed by atoms with Crippen LogP contribution >= 0.6 is 0 Å². The molecular formula is C12H10N4O2. The largest absolute Gasteiger partial charge is 0.398 e. The summed E-state index contributed by atoms with van der Waals surface area (Å²) in [4.78, 5) is 4.24. The second-order valence-electron chi connectivity index (χ2n) is 3.83. The van der Waals surface area contributed by atoms with Gasteiger partial charge in [0, 0.05) is 17.3 Å². The fourth-order valence-electron chi connectivity index (χ4n) is 1.60. The Morgan fingerprint density at radius 3 is 2.67 bits per heavy atom. The first kappa shape index (κ1) is 10.5. The molecule has 1 aromatic carbocycles. The molecule has 0 spiro atoms. The molecule has 0 radical (unpaired) electrons. The molecule has 0 amide bonds. The zero-order valence-electron chi connectivity index (χ0n) is 9.62. The van der Waals surface area contributed by atoms with Crippen LogP contribution in [0.15, 0.2) is 39.4 Å². The molecule has 0 aliphatic carbocycles. The summed E-state index contributed by atoms with van der Waals surface area (Å²) in [5.74, 6) is 1.43. The Bertz CT molecular complexity index is 687. The first-order valence-electron chi connectivity index (χ1n) is 5.36. The molecule has 90 valence electrons. The van der Waals surface area contributed by atoms with E-state index >= 15 is 0 Å². The normalized spacial score (nSPS) is 10.7. The van der Waals surface area contributed by atoms with Gasteiger partial charge in [-0.2, -0.15) is 4.98 Å². The van der Waals surface area contributed by atoms with Gasteiger partial charge in [-0.25, -0.2) is 0 Å². The minimum absolute atomic E-state index is 0.310. The molecule has 0 saturated heterocycles. The molecule has 0 unspecified atom stereocenters. The number of benzene rings is 1. The van der Waals surface area contributed by atoms with Crippen molar-refractivity contribution in [3.63, 3.8) is 0 Å². The number of nitrogens with zero attached hydrogens (tertiary/aromatic N) is 3. The number of hydrogen-bond acceptors (Lipinski definition) is 6. The summed E-state index contributed by atoms with van der Waals surface area (Å²) < 4.78 is 10.1. The molecule has 2 heterocycles. The molecular weight excluding hydrogens is 232 g/mol. The van der Waals surface area contributed by atoms with E-state index in [1.165, 1.54) is 0 Å². The first-order chi connectivity index (χ1) is 8.74. The lowest BCUT2D eigenvalue weighted by Crippen LogP contribution is -1.90. The van der Waals surface area contributed by atoms with Crippen LogP contribution < -0.4 is 5.73 Å². The maximum atomic E-state index is 5.85. The van der Waals surface area contributed by atoms with Gasteiger partial charge in [0.15, 0.2) is 5.69 Å². The Morgan fingerprint density at radius 1 is 1.11 bits per heavy atom. The summed E-state index contributed by atoms with van der Waals surface area (Å²) in [6.07, 6.45) is 0. The van der Waals surface area contributed by atoms with Crippen LogP contribution in [0.3, 0.4) is 0 Å². The van der Waals surface area contributed by atoms with Crippen molar-refractivity contribution in [2.45, 2.75) is 6.92 Å². The maximum absolute atomic E-state index is 5.85. The van der Waals surface area contributed by atoms with Gasteiger partial charge in [0.05, 0.1) is 0 Å². The van der Waals surface area contributed by atoms with Crippen molar-refractivity contribution >= 4 is 5.69 Å². The highest BCUT2D eigenvalue weighted by Gasteiger charge is 2.15. The summed E-state index contributed by atoms with van der Waals surface area (Å²) in [6, 6.07) is 9.05. The lowest BCUT2D eigenvalue weighted by atomic mass is 10.2. The summed E-state index contributed by atoms with van der Waals surface area (Å²) in [7, 11) is 0. The molecule has 0 atom stereocenters. The number of para-hydroxylation sites is 1. The molecule has 3 rings (SSSR count). The van der Waals surface area contributed by atoms with Gasteiger partial charge in [-0.3, -0.25) is 0 Å². The van der Waals surface area contributed by atoms with E-state index in [9.17, 15) is 0 Å².